The molecule has 1 saturated heterocycles. The van der Waals surface area contributed by atoms with Crippen molar-refractivity contribution in [3.05, 3.63) is 23.8 Å². The first kappa shape index (κ1) is 21.1. The Labute approximate surface area is 157 Å². The highest BCUT2D eigenvalue weighted by atomic mass is 19.4. The monoisotopic (exact) mass is 388 g/mol. The van der Waals surface area contributed by atoms with Crippen LogP contribution in [0.3, 0.4) is 0 Å². The number of nitrogens with one attached hydrogen (secondary N) is 2. The third-order valence-electron chi connectivity index (χ3n) is 4.30. The number of methoxy groups -OCH3 is 1. The van der Waals surface area contributed by atoms with Crippen molar-refractivity contribution >= 4 is 5.96 Å². The molecule has 27 heavy (non-hydrogen) atoms. The Morgan fingerprint density at radius 1 is 1.41 bits per heavy atom. The summed E-state index contributed by atoms with van der Waals surface area (Å²) in [6.45, 7) is 2.89. The van der Waals surface area contributed by atoms with Crippen LogP contribution in [-0.2, 0) is 6.42 Å². The van der Waals surface area contributed by atoms with Crippen LogP contribution in [0.4, 0.5) is 13.2 Å². The van der Waals surface area contributed by atoms with Crippen molar-refractivity contribution in [3.63, 3.8) is 0 Å². The van der Waals surface area contributed by atoms with Crippen LogP contribution in [-0.4, -0.2) is 68.0 Å². The number of aromatic hydroxyl groups is 1. The molecule has 2 rings (SSSR count). The normalized spacial score (nSPS) is 18.6. The number of phenolic OH excluding ortho intramolecular Hbond substituents is 1. The number of ether oxygens (including phenoxy) is 1. The second-order valence-electron chi connectivity index (χ2n) is 6.49. The minimum atomic E-state index is -4.17. The van der Waals surface area contributed by atoms with Crippen LogP contribution in [0.2, 0.25) is 0 Å². The second kappa shape index (κ2) is 9.68. The predicted octanol–water partition coefficient (Wildman–Crippen LogP) is 2.13. The number of alkyl halides is 3. The van der Waals surface area contributed by atoms with Crippen LogP contribution in [0, 0.1) is 0 Å². The molecular formula is C18H27F3N4O2. The van der Waals surface area contributed by atoms with Crippen molar-refractivity contribution in [2.24, 2.45) is 4.99 Å². The van der Waals surface area contributed by atoms with Gasteiger partial charge in [0, 0.05) is 38.3 Å². The number of rotatable bonds is 7. The number of aliphatic imine (C=N–C) groups is 1. The van der Waals surface area contributed by atoms with Crippen LogP contribution < -0.4 is 15.4 Å². The van der Waals surface area contributed by atoms with Gasteiger partial charge in [-0.15, -0.1) is 0 Å². The molecule has 1 aromatic rings. The molecule has 1 atom stereocenters. The summed E-state index contributed by atoms with van der Waals surface area (Å²) in [4.78, 5) is 5.87. The summed E-state index contributed by atoms with van der Waals surface area (Å²) in [5.41, 5.74) is 0.757. The molecular weight excluding hydrogens is 361 g/mol. The van der Waals surface area contributed by atoms with Crippen LogP contribution in [0.15, 0.2) is 23.2 Å². The quantitative estimate of drug-likeness (QED) is 0.493. The van der Waals surface area contributed by atoms with E-state index >= 15 is 0 Å². The summed E-state index contributed by atoms with van der Waals surface area (Å²) in [7, 11) is 1.53. The lowest BCUT2D eigenvalue weighted by molar-refractivity contribution is -0.143. The maximum atomic E-state index is 12.5. The van der Waals surface area contributed by atoms with Crippen LogP contribution in [0.1, 0.15) is 18.9 Å². The summed E-state index contributed by atoms with van der Waals surface area (Å²) in [5, 5.41) is 16.3. The third kappa shape index (κ3) is 7.16. The Bertz CT molecular complexity index is 638. The first-order chi connectivity index (χ1) is 12.8. The molecule has 0 radical (unpaired) electrons. The molecule has 1 aliphatic heterocycles. The van der Waals surface area contributed by atoms with Gasteiger partial charge >= 0.3 is 6.18 Å². The maximum absolute atomic E-state index is 12.5. The summed E-state index contributed by atoms with van der Waals surface area (Å²) >= 11 is 0. The van der Waals surface area contributed by atoms with Crippen LogP contribution in [0.5, 0.6) is 11.5 Å². The number of halogens is 3. The Morgan fingerprint density at radius 2 is 2.19 bits per heavy atom. The second-order valence-corrected chi connectivity index (χ2v) is 6.49. The number of guanidine groups is 1. The third-order valence-corrected chi connectivity index (χ3v) is 4.30. The smallest absolute Gasteiger partial charge is 0.401 e. The molecule has 3 N–H and O–H groups in total. The van der Waals surface area contributed by atoms with Gasteiger partial charge in [-0.3, -0.25) is 9.89 Å². The molecule has 0 bridgehead atoms. The lowest BCUT2D eigenvalue weighted by Gasteiger charge is -2.19. The lowest BCUT2D eigenvalue weighted by Crippen LogP contribution is -2.45. The Hall–Kier alpha value is -2.16. The molecule has 0 amide bonds. The maximum Gasteiger partial charge on any atom is 0.401 e. The standard InChI is InChI=1S/C18H27F3N4O2/c1-3-22-17(24-14-7-9-25(11-14)12-18(19,20)21)23-8-6-13-4-5-15(27-2)10-16(13)26/h4-5,10,14,26H,3,6-9,11-12H2,1-2H3,(H2,22,23,24). The summed E-state index contributed by atoms with van der Waals surface area (Å²) in [6, 6.07) is 5.04. The van der Waals surface area contributed by atoms with Gasteiger partial charge in [0.05, 0.1) is 13.7 Å². The van der Waals surface area contributed by atoms with Crippen molar-refractivity contribution < 1.29 is 23.0 Å². The predicted molar refractivity (Wildman–Crippen MR) is 98.4 cm³/mol. The van der Waals surface area contributed by atoms with E-state index in [2.05, 4.69) is 15.6 Å². The van der Waals surface area contributed by atoms with Crippen LogP contribution in [0.25, 0.3) is 0 Å². The average Bonchev–Trinajstić information content (AvgIpc) is 3.01. The molecule has 9 heteroatoms. The zero-order valence-corrected chi connectivity index (χ0v) is 15.6. The van der Waals surface area contributed by atoms with E-state index in [1.54, 1.807) is 18.2 Å². The van der Waals surface area contributed by atoms with E-state index in [9.17, 15) is 18.3 Å². The van der Waals surface area contributed by atoms with E-state index in [1.807, 2.05) is 6.92 Å². The molecule has 1 aliphatic rings. The Balaban J connectivity index is 1.87. The fraction of sp³-hybridized carbons (Fsp3) is 0.611. The molecule has 152 valence electrons. The van der Waals surface area contributed by atoms with Gasteiger partial charge in [-0.05, 0) is 31.4 Å². The van der Waals surface area contributed by atoms with E-state index in [0.717, 1.165) is 5.56 Å². The molecule has 0 saturated carbocycles. The fourth-order valence-corrected chi connectivity index (χ4v) is 3.03. The first-order valence-electron chi connectivity index (χ1n) is 9.00. The molecule has 6 nitrogen and oxygen atoms in total. The van der Waals surface area contributed by atoms with E-state index in [0.29, 0.717) is 50.7 Å². The van der Waals surface area contributed by atoms with Gasteiger partial charge in [0.15, 0.2) is 5.96 Å². The topological polar surface area (TPSA) is 69.1 Å². The van der Waals surface area contributed by atoms with Gasteiger partial charge in [0.2, 0.25) is 0 Å². The van der Waals surface area contributed by atoms with Crippen molar-refractivity contribution in [1.82, 2.24) is 15.5 Å². The number of nitrogens with zero attached hydrogens (tertiary/aromatic N) is 2. The van der Waals surface area contributed by atoms with Gasteiger partial charge in [-0.1, -0.05) is 6.07 Å². The largest absolute Gasteiger partial charge is 0.508 e. The average molecular weight is 388 g/mol. The Morgan fingerprint density at radius 3 is 2.81 bits per heavy atom. The van der Waals surface area contributed by atoms with E-state index in [-0.39, 0.29) is 11.8 Å². The summed E-state index contributed by atoms with van der Waals surface area (Å²) in [6.07, 6.45) is -3.00. The van der Waals surface area contributed by atoms with Gasteiger partial charge < -0.3 is 20.5 Å². The SMILES string of the molecule is CCNC(=NCCc1ccc(OC)cc1O)NC1CCN(CC(F)(F)F)C1. The lowest BCUT2D eigenvalue weighted by atomic mass is 10.1. The molecule has 0 aliphatic carbocycles. The molecule has 1 aromatic carbocycles. The first-order valence-corrected chi connectivity index (χ1v) is 9.00. The fourth-order valence-electron chi connectivity index (χ4n) is 3.03. The zero-order chi connectivity index (χ0) is 19.9. The van der Waals surface area contributed by atoms with Crippen molar-refractivity contribution in [1.29, 1.82) is 0 Å². The number of hydrogen-bond acceptors (Lipinski definition) is 4. The number of hydrogen-bond donors (Lipinski definition) is 3. The van der Waals surface area contributed by atoms with Gasteiger partial charge in [0.25, 0.3) is 0 Å². The van der Waals surface area contributed by atoms with Crippen molar-refractivity contribution in [3.8, 4) is 11.5 Å². The molecule has 1 heterocycles. The summed E-state index contributed by atoms with van der Waals surface area (Å²) in [5.74, 6) is 1.31. The minimum Gasteiger partial charge on any atom is -0.508 e. The van der Waals surface area contributed by atoms with E-state index in [1.165, 1.54) is 12.0 Å². The molecule has 0 aromatic heterocycles. The molecule has 0 spiro atoms. The van der Waals surface area contributed by atoms with Gasteiger partial charge in [-0.2, -0.15) is 13.2 Å². The highest BCUT2D eigenvalue weighted by Crippen LogP contribution is 2.23. The van der Waals surface area contributed by atoms with Crippen molar-refractivity contribution in [2.75, 3.05) is 39.8 Å². The molecule has 1 unspecified atom stereocenters. The van der Waals surface area contributed by atoms with Gasteiger partial charge in [0.1, 0.15) is 11.5 Å². The highest BCUT2D eigenvalue weighted by Gasteiger charge is 2.34. The number of likely N-dealkylation sites (tertiary alicyclic amines) is 1. The number of phenols is 1. The summed E-state index contributed by atoms with van der Waals surface area (Å²) < 4.78 is 42.6. The van der Waals surface area contributed by atoms with Crippen LogP contribution >= 0.6 is 0 Å². The van der Waals surface area contributed by atoms with E-state index in [4.69, 9.17) is 4.74 Å². The van der Waals surface area contributed by atoms with Gasteiger partial charge in [-0.25, -0.2) is 0 Å². The minimum absolute atomic E-state index is 0.0699. The number of benzene rings is 1. The Kier molecular flexibility index (Phi) is 7.58. The molecule has 1 fully saturated rings. The highest BCUT2D eigenvalue weighted by molar-refractivity contribution is 5.80. The van der Waals surface area contributed by atoms with Crippen molar-refractivity contribution in [2.45, 2.75) is 32.0 Å². The zero-order valence-electron chi connectivity index (χ0n) is 15.6. The van der Waals surface area contributed by atoms with E-state index < -0.39 is 12.7 Å².